The molecule has 11 heteroatoms. The van der Waals surface area contributed by atoms with E-state index in [-0.39, 0.29) is 16.9 Å². The van der Waals surface area contributed by atoms with Gasteiger partial charge < -0.3 is 11.1 Å². The molecule has 2 aromatic carbocycles. The van der Waals surface area contributed by atoms with Crippen molar-refractivity contribution in [2.75, 3.05) is 5.73 Å². The summed E-state index contributed by atoms with van der Waals surface area (Å²) in [5.41, 5.74) is 8.58. The number of aryl methyl sites for hydroxylation is 1. The van der Waals surface area contributed by atoms with Gasteiger partial charge in [0.25, 0.3) is 11.5 Å². The Kier molecular flexibility index (Phi) is 6.05. The van der Waals surface area contributed by atoms with E-state index in [1.54, 1.807) is 65.0 Å². The van der Waals surface area contributed by atoms with E-state index in [0.717, 1.165) is 0 Å². The van der Waals surface area contributed by atoms with Gasteiger partial charge in [0.2, 0.25) is 0 Å². The fraction of sp³-hybridized carbons (Fsp3) is 0.103. The second kappa shape index (κ2) is 9.85. The van der Waals surface area contributed by atoms with Crippen molar-refractivity contribution in [2.45, 2.75) is 13.0 Å². The molecular formula is C29H24N9O2+. The number of carbonyl (C=O) groups excluding carboxylic acids is 1. The molecule has 0 aliphatic rings. The van der Waals surface area contributed by atoms with E-state index >= 15 is 0 Å². The summed E-state index contributed by atoms with van der Waals surface area (Å²) in [7, 11) is 1.81. The van der Waals surface area contributed by atoms with Crippen LogP contribution < -0.4 is 21.1 Å². The molecule has 0 saturated carbocycles. The fourth-order valence-corrected chi connectivity index (χ4v) is 4.59. The van der Waals surface area contributed by atoms with E-state index in [4.69, 9.17) is 10.7 Å². The van der Waals surface area contributed by atoms with E-state index in [1.807, 2.05) is 37.4 Å². The van der Waals surface area contributed by atoms with Gasteiger partial charge in [-0.15, -0.1) is 4.52 Å². The van der Waals surface area contributed by atoms with Crippen LogP contribution in [0.1, 0.15) is 40.4 Å². The zero-order valence-corrected chi connectivity index (χ0v) is 21.7. The summed E-state index contributed by atoms with van der Waals surface area (Å²) < 4.78 is 4.74. The molecular weight excluding hydrogens is 506 g/mol. The Labute approximate surface area is 227 Å². The first-order valence-electron chi connectivity index (χ1n) is 12.5. The van der Waals surface area contributed by atoms with Crippen LogP contribution in [0.4, 0.5) is 5.82 Å². The van der Waals surface area contributed by atoms with E-state index < -0.39 is 11.9 Å². The summed E-state index contributed by atoms with van der Waals surface area (Å²) in [4.78, 5) is 36.6. The standard InChI is InChI=1S/C29H23N9O2/c1-18(32-28(39)24-25(30)35-37-16-7-15-31-27(24)37)26-33-22-11-6-8-19(12-13-20-14-17-36(2)34-20)23(22)29(40)38(26)21-9-4-3-5-10-21/h3-11,14-18H,1-2H3,(H3,30,32,35,39)/p+1. The summed E-state index contributed by atoms with van der Waals surface area (Å²) >= 11 is 0. The van der Waals surface area contributed by atoms with Crippen molar-refractivity contribution in [3.63, 3.8) is 0 Å². The summed E-state index contributed by atoms with van der Waals surface area (Å²) in [5.74, 6) is 6.18. The van der Waals surface area contributed by atoms with Crippen LogP contribution in [-0.2, 0) is 7.05 Å². The Bertz CT molecular complexity index is 2030. The molecule has 196 valence electrons. The number of aromatic nitrogens is 7. The number of benzene rings is 2. The average Bonchev–Trinajstić information content (AvgIpc) is 3.53. The molecule has 1 atom stereocenters. The number of nitrogens with two attached hydrogens (primary N) is 1. The lowest BCUT2D eigenvalue weighted by atomic mass is 10.1. The molecule has 4 heterocycles. The number of nitrogens with zero attached hydrogens (tertiary/aromatic N) is 6. The molecule has 0 aliphatic heterocycles. The van der Waals surface area contributed by atoms with Crippen LogP contribution in [0.25, 0.3) is 22.2 Å². The van der Waals surface area contributed by atoms with Gasteiger partial charge in [0.1, 0.15) is 23.9 Å². The number of amides is 1. The van der Waals surface area contributed by atoms with Gasteiger partial charge >= 0.3 is 5.65 Å². The van der Waals surface area contributed by atoms with Crippen molar-refractivity contribution in [3.8, 4) is 17.5 Å². The number of hydrogen-bond donors (Lipinski definition) is 3. The number of para-hydroxylation sites is 1. The predicted octanol–water partition coefficient (Wildman–Crippen LogP) is 2.05. The largest absolute Gasteiger partial charge is 0.382 e. The Morgan fingerprint density at radius 1 is 1.10 bits per heavy atom. The lowest BCUT2D eigenvalue weighted by Crippen LogP contribution is -2.34. The summed E-state index contributed by atoms with van der Waals surface area (Å²) in [5, 5.41) is 10.5. The smallest absolute Gasteiger partial charge is 0.362 e. The number of hydrogen-bond acceptors (Lipinski definition) is 6. The van der Waals surface area contributed by atoms with Crippen LogP contribution in [-0.4, -0.2) is 35.3 Å². The lowest BCUT2D eigenvalue weighted by Gasteiger charge is -2.19. The topological polar surface area (TPSA) is 141 Å². The molecule has 6 aromatic rings. The lowest BCUT2D eigenvalue weighted by molar-refractivity contribution is -0.577. The minimum atomic E-state index is -0.675. The van der Waals surface area contributed by atoms with Crippen molar-refractivity contribution in [1.29, 1.82) is 0 Å². The number of H-pyrrole nitrogens is 1. The van der Waals surface area contributed by atoms with E-state index in [2.05, 4.69) is 32.3 Å². The highest BCUT2D eigenvalue weighted by atomic mass is 16.2. The van der Waals surface area contributed by atoms with Crippen molar-refractivity contribution in [3.05, 3.63) is 112 Å². The number of fused-ring (bicyclic) bond motifs is 2. The van der Waals surface area contributed by atoms with Crippen molar-refractivity contribution in [1.82, 2.24) is 34.7 Å². The molecule has 0 saturated heterocycles. The van der Waals surface area contributed by atoms with Gasteiger partial charge in [-0.1, -0.05) is 30.2 Å². The van der Waals surface area contributed by atoms with E-state index in [9.17, 15) is 9.59 Å². The zero-order valence-electron chi connectivity index (χ0n) is 21.7. The minimum Gasteiger partial charge on any atom is -0.382 e. The minimum absolute atomic E-state index is 0.173. The van der Waals surface area contributed by atoms with Gasteiger partial charge in [-0.2, -0.15) is 5.10 Å². The third-order valence-corrected chi connectivity index (χ3v) is 6.42. The van der Waals surface area contributed by atoms with Crippen LogP contribution in [0.2, 0.25) is 0 Å². The van der Waals surface area contributed by atoms with Crippen molar-refractivity contribution < 1.29 is 9.31 Å². The molecule has 1 unspecified atom stereocenters. The number of aromatic amines is 1. The highest BCUT2D eigenvalue weighted by molar-refractivity contribution is 6.03. The quantitative estimate of drug-likeness (QED) is 0.235. The van der Waals surface area contributed by atoms with Gasteiger partial charge in [0.15, 0.2) is 11.4 Å². The van der Waals surface area contributed by atoms with Crippen molar-refractivity contribution in [2.24, 2.45) is 7.05 Å². The second-order valence-electron chi connectivity index (χ2n) is 9.18. The van der Waals surface area contributed by atoms with Crippen LogP contribution in [0, 0.1) is 11.8 Å². The number of nitrogens with one attached hydrogen (secondary N) is 2. The zero-order chi connectivity index (χ0) is 27.8. The van der Waals surface area contributed by atoms with Crippen LogP contribution in [0.3, 0.4) is 0 Å². The molecule has 0 spiro atoms. The molecule has 4 aromatic heterocycles. The maximum Gasteiger partial charge on any atom is 0.362 e. The summed E-state index contributed by atoms with van der Waals surface area (Å²) in [6.07, 6.45) is 5.10. The molecule has 0 radical (unpaired) electrons. The predicted molar refractivity (Wildman–Crippen MR) is 149 cm³/mol. The maximum absolute atomic E-state index is 14.1. The van der Waals surface area contributed by atoms with Gasteiger partial charge in [-0.05, 0) is 48.2 Å². The normalized spacial score (nSPS) is 11.8. The van der Waals surface area contributed by atoms with Gasteiger partial charge in [0.05, 0.1) is 22.6 Å². The highest BCUT2D eigenvalue weighted by Gasteiger charge is 2.27. The van der Waals surface area contributed by atoms with Gasteiger partial charge in [0, 0.05) is 24.9 Å². The first kappa shape index (κ1) is 24.6. The third kappa shape index (κ3) is 4.33. The Hall–Kier alpha value is -5.76. The monoisotopic (exact) mass is 530 g/mol. The van der Waals surface area contributed by atoms with E-state index in [0.29, 0.717) is 39.3 Å². The molecule has 0 aliphatic carbocycles. The van der Waals surface area contributed by atoms with Crippen LogP contribution >= 0.6 is 0 Å². The molecule has 6 rings (SSSR count). The number of anilines is 1. The molecule has 1 amide bonds. The Morgan fingerprint density at radius 3 is 2.70 bits per heavy atom. The number of nitrogen functional groups attached to an aromatic ring is 1. The molecule has 11 nitrogen and oxygen atoms in total. The summed E-state index contributed by atoms with van der Waals surface area (Å²) in [6, 6.07) is 17.3. The first-order valence-corrected chi connectivity index (χ1v) is 12.5. The molecule has 4 N–H and O–H groups in total. The molecule has 40 heavy (non-hydrogen) atoms. The van der Waals surface area contributed by atoms with E-state index in [1.165, 1.54) is 4.57 Å². The van der Waals surface area contributed by atoms with Crippen LogP contribution in [0.5, 0.6) is 0 Å². The Morgan fingerprint density at radius 2 is 1.93 bits per heavy atom. The SMILES string of the molecule is CC(NC(=O)c1c(N)[nH][n+]2cccnc12)c1nc2cccc(C#Cc3ccn(C)n3)c2c(=O)n1-c1ccccc1. The van der Waals surface area contributed by atoms with Crippen LogP contribution in [0.15, 0.2) is 84.0 Å². The fourth-order valence-electron chi connectivity index (χ4n) is 4.59. The molecule has 0 bridgehead atoms. The summed E-state index contributed by atoms with van der Waals surface area (Å²) in [6.45, 7) is 1.77. The van der Waals surface area contributed by atoms with Gasteiger partial charge in [-0.3, -0.25) is 18.8 Å². The Balaban J connectivity index is 1.48. The number of carbonyl (C=O) groups is 1. The van der Waals surface area contributed by atoms with Crippen molar-refractivity contribution >= 4 is 28.3 Å². The highest BCUT2D eigenvalue weighted by Crippen LogP contribution is 2.21. The molecule has 0 fully saturated rings. The maximum atomic E-state index is 14.1. The van der Waals surface area contributed by atoms with Gasteiger partial charge in [-0.25, -0.2) is 10.1 Å². The first-order chi connectivity index (χ1) is 19.4. The second-order valence-corrected chi connectivity index (χ2v) is 9.18. The third-order valence-electron chi connectivity index (χ3n) is 6.42. The number of rotatable bonds is 4. The average molecular weight is 531 g/mol.